The number of aliphatic hydroxyl groups excluding tert-OH is 1. The summed E-state index contributed by atoms with van der Waals surface area (Å²) in [4.78, 5) is 44.7. The smallest absolute Gasteiger partial charge is 0.264 e. The molecule has 2 N–H and O–H groups in total. The van der Waals surface area contributed by atoms with Crippen molar-refractivity contribution in [2.75, 3.05) is 30.5 Å². The normalized spacial score (nSPS) is 21.1. The highest BCUT2D eigenvalue weighted by molar-refractivity contribution is 6.08. The Morgan fingerprint density at radius 3 is 2.35 bits per heavy atom. The maximum absolute atomic E-state index is 16.2. The number of anilines is 2. The van der Waals surface area contributed by atoms with Crippen molar-refractivity contribution in [1.29, 1.82) is 0 Å². The van der Waals surface area contributed by atoms with Crippen molar-refractivity contribution < 1.29 is 33.4 Å². The summed E-state index contributed by atoms with van der Waals surface area (Å²) in [6.45, 7) is 5.12. The number of ether oxygens (including phenoxy) is 2. The van der Waals surface area contributed by atoms with Gasteiger partial charge in [-0.15, -0.1) is 0 Å². The molecule has 0 saturated carbocycles. The minimum Gasteiger partial charge on any atom is -0.497 e. The van der Waals surface area contributed by atoms with Gasteiger partial charge in [0.1, 0.15) is 11.4 Å². The van der Waals surface area contributed by atoms with Crippen LogP contribution in [0.2, 0.25) is 0 Å². The molecule has 3 amide bonds. The number of carbonyl (C=O) groups excluding carboxylic acids is 3. The van der Waals surface area contributed by atoms with Gasteiger partial charge >= 0.3 is 0 Å². The van der Waals surface area contributed by atoms with Gasteiger partial charge in [0.25, 0.3) is 11.8 Å². The third-order valence-electron chi connectivity index (χ3n) is 10.1. The third-order valence-corrected chi connectivity index (χ3v) is 10.1. The Morgan fingerprint density at radius 1 is 0.980 bits per heavy atom. The fraction of sp³-hybridized carbons (Fsp3) is 0.341. The second-order valence-corrected chi connectivity index (χ2v) is 13.8. The minimum absolute atomic E-state index is 0.111. The molecule has 0 bridgehead atoms. The van der Waals surface area contributed by atoms with E-state index in [9.17, 15) is 19.5 Å². The predicted octanol–water partition coefficient (Wildman–Crippen LogP) is 6.50. The van der Waals surface area contributed by atoms with Gasteiger partial charge in [-0.05, 0) is 67.4 Å². The summed E-state index contributed by atoms with van der Waals surface area (Å²) in [6, 6.07) is 30.9. The molecular formula is C41H44FN3O6. The van der Waals surface area contributed by atoms with Crippen LogP contribution >= 0.6 is 0 Å². The zero-order valence-electron chi connectivity index (χ0n) is 29.3. The number of carbonyl (C=O) groups is 3. The number of halogens is 1. The SMILES string of the molecule is COc1ccc(C(=O)Nc2cccc(CN3C(=O)[C@@]4(O[C@@H](CC(=O)N(CCO)Cc5ccccc5)[C@H](C(C)(C)F)[C@H]4C)c4ccccc43)c2)cc1. The van der Waals surface area contributed by atoms with Gasteiger partial charge in [-0.3, -0.25) is 14.4 Å². The van der Waals surface area contributed by atoms with E-state index in [1.165, 1.54) is 13.8 Å². The van der Waals surface area contributed by atoms with Crippen LogP contribution < -0.4 is 15.0 Å². The highest BCUT2D eigenvalue weighted by Crippen LogP contribution is 2.58. The summed E-state index contributed by atoms with van der Waals surface area (Å²) in [5.41, 5.74) is 0.682. The Balaban J connectivity index is 1.26. The molecule has 9 nitrogen and oxygen atoms in total. The van der Waals surface area contributed by atoms with Crippen LogP contribution in [0.15, 0.2) is 103 Å². The van der Waals surface area contributed by atoms with Crippen molar-refractivity contribution >= 4 is 29.1 Å². The van der Waals surface area contributed by atoms with Gasteiger partial charge in [-0.25, -0.2) is 4.39 Å². The second-order valence-electron chi connectivity index (χ2n) is 13.8. The molecule has 1 fully saturated rings. The molecule has 0 radical (unpaired) electrons. The quantitative estimate of drug-likeness (QED) is 0.176. The Kier molecular flexibility index (Phi) is 10.3. The first-order chi connectivity index (χ1) is 24.5. The lowest BCUT2D eigenvalue weighted by Crippen LogP contribution is -2.45. The van der Waals surface area contributed by atoms with Crippen LogP contribution in [0.4, 0.5) is 15.8 Å². The molecule has 4 atom stereocenters. The van der Waals surface area contributed by atoms with E-state index in [2.05, 4.69) is 5.32 Å². The Labute approximate surface area is 298 Å². The first-order valence-electron chi connectivity index (χ1n) is 17.2. The molecule has 1 saturated heterocycles. The molecule has 10 heteroatoms. The molecular weight excluding hydrogens is 649 g/mol. The fourth-order valence-corrected chi connectivity index (χ4v) is 7.75. The molecule has 1 spiro atoms. The summed E-state index contributed by atoms with van der Waals surface area (Å²) in [6.07, 6.45) is -1.06. The van der Waals surface area contributed by atoms with Gasteiger partial charge in [-0.1, -0.05) is 67.6 Å². The molecule has 2 aliphatic heterocycles. The predicted molar refractivity (Wildman–Crippen MR) is 193 cm³/mol. The molecule has 0 aromatic heterocycles. The molecule has 0 unspecified atom stereocenters. The number of hydrogen-bond donors (Lipinski definition) is 2. The number of para-hydroxylation sites is 1. The number of nitrogens with zero attached hydrogens (tertiary/aromatic N) is 2. The number of benzene rings is 4. The number of rotatable bonds is 12. The summed E-state index contributed by atoms with van der Waals surface area (Å²) in [7, 11) is 1.56. The summed E-state index contributed by atoms with van der Waals surface area (Å²) < 4.78 is 28.2. The van der Waals surface area contributed by atoms with E-state index in [1.54, 1.807) is 47.2 Å². The number of hydrogen-bond acceptors (Lipinski definition) is 6. The summed E-state index contributed by atoms with van der Waals surface area (Å²) in [5.74, 6) is -1.67. The number of methoxy groups -OCH3 is 1. The first kappa shape index (κ1) is 35.8. The van der Waals surface area contributed by atoms with E-state index in [1.807, 2.05) is 79.7 Å². The van der Waals surface area contributed by atoms with Crippen LogP contribution in [0.5, 0.6) is 5.75 Å². The third kappa shape index (κ3) is 7.11. The standard InChI is InChI=1S/C41H44FN3O6/c1-27-37(40(2,3)42)35(24-36(47)44(21-22-46)25-28-11-6-5-7-12-28)51-41(27)33-15-8-9-16-34(33)45(39(41)49)26-29-13-10-14-31(23-29)43-38(48)30-17-19-32(50-4)20-18-30/h5-20,23,27,35,37,46H,21-22,24-26H2,1-4H3,(H,43,48)/t27-,35+,37-,41+/m1/s1. The monoisotopic (exact) mass is 693 g/mol. The van der Waals surface area contributed by atoms with Gasteiger partial charge in [-0.2, -0.15) is 0 Å². The zero-order chi connectivity index (χ0) is 36.3. The van der Waals surface area contributed by atoms with Crippen LogP contribution in [0.3, 0.4) is 0 Å². The lowest BCUT2D eigenvalue weighted by atomic mass is 9.71. The fourth-order valence-electron chi connectivity index (χ4n) is 7.75. The van der Waals surface area contributed by atoms with Crippen molar-refractivity contribution in [2.24, 2.45) is 11.8 Å². The minimum atomic E-state index is -1.78. The topological polar surface area (TPSA) is 108 Å². The van der Waals surface area contributed by atoms with Crippen LogP contribution in [0.25, 0.3) is 0 Å². The van der Waals surface area contributed by atoms with Gasteiger partial charge in [0.15, 0.2) is 5.60 Å². The molecule has 0 aliphatic carbocycles. The average Bonchev–Trinajstić information content (AvgIpc) is 3.54. The largest absolute Gasteiger partial charge is 0.497 e. The highest BCUT2D eigenvalue weighted by Gasteiger charge is 2.66. The van der Waals surface area contributed by atoms with E-state index in [4.69, 9.17) is 9.47 Å². The summed E-state index contributed by atoms with van der Waals surface area (Å²) >= 11 is 0. The van der Waals surface area contributed by atoms with Gasteiger partial charge in [0, 0.05) is 41.7 Å². The molecule has 4 aromatic rings. The lowest BCUT2D eigenvalue weighted by Gasteiger charge is -2.32. The highest BCUT2D eigenvalue weighted by atomic mass is 19.1. The number of amides is 3. The molecule has 4 aromatic carbocycles. The van der Waals surface area contributed by atoms with E-state index in [-0.39, 0.29) is 50.4 Å². The van der Waals surface area contributed by atoms with Gasteiger partial charge < -0.3 is 29.7 Å². The van der Waals surface area contributed by atoms with Gasteiger partial charge in [0.2, 0.25) is 5.91 Å². The average molecular weight is 694 g/mol. The van der Waals surface area contributed by atoms with E-state index in [0.29, 0.717) is 28.3 Å². The van der Waals surface area contributed by atoms with E-state index in [0.717, 1.165) is 11.1 Å². The molecule has 2 heterocycles. The number of alkyl halides is 1. The van der Waals surface area contributed by atoms with E-state index >= 15 is 4.39 Å². The Bertz CT molecular complexity index is 1880. The van der Waals surface area contributed by atoms with Crippen LogP contribution in [-0.4, -0.2) is 59.8 Å². The maximum Gasteiger partial charge on any atom is 0.264 e. The number of aliphatic hydroxyl groups is 1. The Hall–Kier alpha value is -5.06. The van der Waals surface area contributed by atoms with Gasteiger partial charge in [0.05, 0.1) is 38.5 Å². The molecule has 51 heavy (non-hydrogen) atoms. The molecule has 266 valence electrons. The van der Waals surface area contributed by atoms with Crippen molar-refractivity contribution in [3.05, 3.63) is 125 Å². The van der Waals surface area contributed by atoms with Crippen LogP contribution in [0, 0.1) is 11.8 Å². The van der Waals surface area contributed by atoms with E-state index < -0.39 is 29.2 Å². The molecule has 6 rings (SSSR count). The lowest BCUT2D eigenvalue weighted by molar-refractivity contribution is -0.150. The summed E-state index contributed by atoms with van der Waals surface area (Å²) in [5, 5.41) is 12.7. The Morgan fingerprint density at radius 2 is 1.67 bits per heavy atom. The van der Waals surface area contributed by atoms with Crippen molar-refractivity contribution in [3.63, 3.8) is 0 Å². The second kappa shape index (κ2) is 14.7. The molecule has 2 aliphatic rings. The zero-order valence-corrected chi connectivity index (χ0v) is 29.3. The van der Waals surface area contributed by atoms with Crippen molar-refractivity contribution in [2.45, 2.75) is 57.7 Å². The maximum atomic E-state index is 16.2. The van der Waals surface area contributed by atoms with Crippen molar-refractivity contribution in [1.82, 2.24) is 4.90 Å². The van der Waals surface area contributed by atoms with Crippen molar-refractivity contribution in [3.8, 4) is 5.75 Å². The number of nitrogens with one attached hydrogen (secondary N) is 1. The van der Waals surface area contributed by atoms with Crippen LogP contribution in [0.1, 0.15) is 54.2 Å². The van der Waals surface area contributed by atoms with Crippen LogP contribution in [-0.2, 0) is 33.0 Å². The number of fused-ring (bicyclic) bond motifs is 2. The first-order valence-corrected chi connectivity index (χ1v) is 17.2.